The summed E-state index contributed by atoms with van der Waals surface area (Å²) in [4.78, 5) is 9.39. The van der Waals surface area contributed by atoms with Gasteiger partial charge >= 0.3 is 0 Å². The molecule has 31 heavy (non-hydrogen) atoms. The summed E-state index contributed by atoms with van der Waals surface area (Å²) in [6.07, 6.45) is 6.66. The summed E-state index contributed by atoms with van der Waals surface area (Å²) >= 11 is 0. The van der Waals surface area contributed by atoms with Crippen LogP contribution in [0.1, 0.15) is 37.5 Å². The van der Waals surface area contributed by atoms with Crippen molar-refractivity contribution < 1.29 is 9.15 Å². The minimum absolute atomic E-state index is 0.225. The summed E-state index contributed by atoms with van der Waals surface area (Å²) in [6, 6.07) is 12.8. The highest BCUT2D eigenvalue weighted by Gasteiger charge is 2.27. The maximum atomic E-state index is 5.77. The number of anilines is 1. The molecular formula is C24H35N5O2. The molecule has 2 unspecified atom stereocenters. The lowest BCUT2D eigenvalue weighted by molar-refractivity contribution is 0.146. The predicted octanol–water partition coefficient (Wildman–Crippen LogP) is 3.26. The molecule has 1 aromatic carbocycles. The van der Waals surface area contributed by atoms with Gasteiger partial charge in [-0.2, -0.15) is 0 Å². The molecule has 7 nitrogen and oxygen atoms in total. The molecule has 2 saturated heterocycles. The van der Waals surface area contributed by atoms with E-state index in [9.17, 15) is 0 Å². The molecule has 0 aliphatic carbocycles. The number of ether oxygens (including phenoxy) is 1. The molecule has 4 rings (SSSR count). The highest BCUT2D eigenvalue weighted by Crippen LogP contribution is 2.30. The Hall–Kier alpha value is -2.67. The highest BCUT2D eigenvalue weighted by atomic mass is 16.5. The number of guanidine groups is 1. The number of methoxy groups -OCH3 is 1. The molecule has 2 aliphatic rings. The molecule has 2 N–H and O–H groups in total. The molecule has 1 aromatic heterocycles. The molecule has 3 heterocycles. The van der Waals surface area contributed by atoms with E-state index in [4.69, 9.17) is 9.15 Å². The number of aliphatic imine (C=N–C) groups is 1. The summed E-state index contributed by atoms with van der Waals surface area (Å²) < 4.78 is 11.3. The van der Waals surface area contributed by atoms with Crippen molar-refractivity contribution in [1.82, 2.24) is 15.5 Å². The molecule has 7 heteroatoms. The van der Waals surface area contributed by atoms with Gasteiger partial charge in [0.2, 0.25) is 0 Å². The normalized spacial score (nSPS) is 21.2. The topological polar surface area (TPSA) is 65.3 Å². The summed E-state index contributed by atoms with van der Waals surface area (Å²) in [5.41, 5.74) is 1.15. The summed E-state index contributed by atoms with van der Waals surface area (Å²) in [6.45, 7) is 4.94. The SMILES string of the molecule is CN=C(NCC(c1ccco1)N1CCCCC1)NC1CCN(c2ccccc2OC)C1. The van der Waals surface area contributed by atoms with Crippen molar-refractivity contribution >= 4 is 11.6 Å². The van der Waals surface area contributed by atoms with Crippen molar-refractivity contribution in [3.63, 3.8) is 0 Å². The van der Waals surface area contributed by atoms with Crippen LogP contribution in [0.5, 0.6) is 5.75 Å². The molecule has 0 radical (unpaired) electrons. The second kappa shape index (κ2) is 10.6. The number of furan rings is 1. The van der Waals surface area contributed by atoms with Gasteiger partial charge in [0.25, 0.3) is 0 Å². The van der Waals surface area contributed by atoms with Crippen LogP contribution < -0.4 is 20.3 Å². The Morgan fingerprint density at radius 3 is 2.74 bits per heavy atom. The smallest absolute Gasteiger partial charge is 0.191 e. The van der Waals surface area contributed by atoms with E-state index in [1.54, 1.807) is 13.4 Å². The molecule has 2 aromatic rings. The molecule has 2 fully saturated rings. The van der Waals surface area contributed by atoms with E-state index in [0.717, 1.165) is 62.3 Å². The van der Waals surface area contributed by atoms with Gasteiger partial charge in [0.1, 0.15) is 11.5 Å². The zero-order valence-electron chi connectivity index (χ0n) is 18.7. The zero-order chi connectivity index (χ0) is 21.5. The number of nitrogens with one attached hydrogen (secondary N) is 2. The average Bonchev–Trinajstić information content (AvgIpc) is 3.52. The van der Waals surface area contributed by atoms with Crippen molar-refractivity contribution in [2.75, 3.05) is 51.8 Å². The Morgan fingerprint density at radius 1 is 1.16 bits per heavy atom. The van der Waals surface area contributed by atoms with Crippen LogP contribution in [0.15, 0.2) is 52.1 Å². The molecule has 2 aliphatic heterocycles. The fourth-order valence-electron chi connectivity index (χ4n) is 4.69. The predicted molar refractivity (Wildman–Crippen MR) is 125 cm³/mol. The number of likely N-dealkylation sites (tertiary alicyclic amines) is 1. The van der Waals surface area contributed by atoms with Crippen LogP contribution in [0.2, 0.25) is 0 Å². The van der Waals surface area contributed by atoms with Crippen LogP contribution in [-0.2, 0) is 0 Å². The Kier molecular flexibility index (Phi) is 7.35. The van der Waals surface area contributed by atoms with Crippen LogP contribution in [0.3, 0.4) is 0 Å². The number of nitrogens with zero attached hydrogens (tertiary/aromatic N) is 3. The lowest BCUT2D eigenvalue weighted by Gasteiger charge is -2.34. The third kappa shape index (κ3) is 5.34. The lowest BCUT2D eigenvalue weighted by Crippen LogP contribution is -2.48. The van der Waals surface area contributed by atoms with E-state index in [1.807, 2.05) is 25.2 Å². The Bertz CT molecular complexity index is 832. The molecule has 0 spiro atoms. The molecule has 0 bridgehead atoms. The van der Waals surface area contributed by atoms with Crippen LogP contribution >= 0.6 is 0 Å². The van der Waals surface area contributed by atoms with E-state index in [-0.39, 0.29) is 6.04 Å². The van der Waals surface area contributed by atoms with Gasteiger partial charge in [-0.25, -0.2) is 0 Å². The first kappa shape index (κ1) is 21.6. The van der Waals surface area contributed by atoms with Crippen molar-refractivity contribution in [1.29, 1.82) is 0 Å². The second-order valence-corrected chi connectivity index (χ2v) is 8.33. The van der Waals surface area contributed by atoms with Crippen LogP contribution in [0.4, 0.5) is 5.69 Å². The quantitative estimate of drug-likeness (QED) is 0.524. The molecular weight excluding hydrogens is 390 g/mol. The van der Waals surface area contributed by atoms with Crippen LogP contribution in [0, 0.1) is 0 Å². The second-order valence-electron chi connectivity index (χ2n) is 8.33. The Balaban J connectivity index is 1.34. The van der Waals surface area contributed by atoms with Gasteiger partial charge in [-0.05, 0) is 56.6 Å². The fraction of sp³-hybridized carbons (Fsp3) is 0.542. The van der Waals surface area contributed by atoms with E-state index in [1.165, 1.54) is 19.3 Å². The number of para-hydroxylation sites is 2. The third-order valence-electron chi connectivity index (χ3n) is 6.34. The highest BCUT2D eigenvalue weighted by molar-refractivity contribution is 5.80. The molecule has 168 valence electrons. The molecule has 0 amide bonds. The fourth-order valence-corrected chi connectivity index (χ4v) is 4.69. The minimum Gasteiger partial charge on any atom is -0.495 e. The van der Waals surface area contributed by atoms with Crippen LogP contribution in [-0.4, -0.2) is 63.8 Å². The summed E-state index contributed by atoms with van der Waals surface area (Å²) in [5, 5.41) is 7.17. The summed E-state index contributed by atoms with van der Waals surface area (Å²) in [5.74, 6) is 2.79. The van der Waals surface area contributed by atoms with E-state index in [2.05, 4.69) is 43.6 Å². The van der Waals surface area contributed by atoms with Gasteiger partial charge in [-0.3, -0.25) is 9.89 Å². The Labute approximate surface area is 185 Å². The monoisotopic (exact) mass is 425 g/mol. The number of hydrogen-bond donors (Lipinski definition) is 2. The largest absolute Gasteiger partial charge is 0.495 e. The first-order valence-corrected chi connectivity index (χ1v) is 11.4. The van der Waals surface area contributed by atoms with Gasteiger partial charge in [-0.1, -0.05) is 18.6 Å². The van der Waals surface area contributed by atoms with Gasteiger partial charge in [0.05, 0.1) is 25.1 Å². The maximum absolute atomic E-state index is 5.77. The van der Waals surface area contributed by atoms with Gasteiger partial charge in [-0.15, -0.1) is 0 Å². The van der Waals surface area contributed by atoms with Gasteiger partial charge in [0.15, 0.2) is 5.96 Å². The average molecular weight is 426 g/mol. The Morgan fingerprint density at radius 2 is 2.00 bits per heavy atom. The van der Waals surface area contributed by atoms with Crippen molar-refractivity contribution in [3.8, 4) is 5.75 Å². The van der Waals surface area contributed by atoms with Crippen LogP contribution in [0.25, 0.3) is 0 Å². The van der Waals surface area contributed by atoms with Crippen molar-refractivity contribution in [3.05, 3.63) is 48.4 Å². The standard InChI is InChI=1S/C24H35N5O2/c1-25-24(26-17-21(23-11-8-16-31-23)28-13-6-3-7-14-28)27-19-12-15-29(18-19)20-9-4-5-10-22(20)30-2/h4-5,8-11,16,19,21H,3,6-7,12-15,17-18H2,1-2H3,(H2,25,26,27). The third-order valence-corrected chi connectivity index (χ3v) is 6.34. The van der Waals surface area contributed by atoms with E-state index in [0.29, 0.717) is 6.04 Å². The molecule has 0 saturated carbocycles. The summed E-state index contributed by atoms with van der Waals surface area (Å²) in [7, 11) is 3.57. The number of hydrogen-bond acceptors (Lipinski definition) is 5. The van der Waals surface area contributed by atoms with Gasteiger partial charge in [0, 0.05) is 32.7 Å². The first-order chi connectivity index (χ1) is 15.3. The van der Waals surface area contributed by atoms with Gasteiger partial charge < -0.3 is 24.7 Å². The zero-order valence-corrected chi connectivity index (χ0v) is 18.7. The number of rotatable bonds is 7. The van der Waals surface area contributed by atoms with E-state index < -0.39 is 0 Å². The number of piperidine rings is 1. The number of benzene rings is 1. The lowest BCUT2D eigenvalue weighted by atomic mass is 10.1. The maximum Gasteiger partial charge on any atom is 0.191 e. The van der Waals surface area contributed by atoms with Crippen molar-refractivity contribution in [2.24, 2.45) is 4.99 Å². The first-order valence-electron chi connectivity index (χ1n) is 11.4. The van der Waals surface area contributed by atoms with Crippen molar-refractivity contribution in [2.45, 2.75) is 37.8 Å². The molecule has 2 atom stereocenters. The minimum atomic E-state index is 0.225. The van der Waals surface area contributed by atoms with E-state index >= 15 is 0 Å².